The van der Waals surface area contributed by atoms with Crippen LogP contribution in [0.4, 0.5) is 23.4 Å². The molecule has 0 atom stereocenters. The summed E-state index contributed by atoms with van der Waals surface area (Å²) < 4.78 is 56.8. The van der Waals surface area contributed by atoms with Crippen molar-refractivity contribution in [1.29, 1.82) is 0 Å². The van der Waals surface area contributed by atoms with Gasteiger partial charge in [-0.2, -0.15) is 23.4 Å². The van der Waals surface area contributed by atoms with Gasteiger partial charge in [0.15, 0.2) is 11.5 Å². The van der Waals surface area contributed by atoms with Crippen molar-refractivity contribution in [2.75, 3.05) is 5.32 Å². The van der Waals surface area contributed by atoms with Gasteiger partial charge in [0, 0.05) is 29.1 Å². The number of alkyl halides is 3. The van der Waals surface area contributed by atoms with Gasteiger partial charge in [-0.15, -0.1) is 0 Å². The van der Waals surface area contributed by atoms with Gasteiger partial charge >= 0.3 is 6.18 Å². The zero-order chi connectivity index (χ0) is 23.9. The van der Waals surface area contributed by atoms with Crippen molar-refractivity contribution in [3.05, 3.63) is 61.1 Å². The Balaban J connectivity index is 1.43. The minimum atomic E-state index is -4.59. The molecule has 1 amide bonds. The number of rotatable bonds is 7. The van der Waals surface area contributed by atoms with Crippen LogP contribution in [0.3, 0.4) is 0 Å². The molecule has 1 fully saturated rings. The molecule has 2 aromatic heterocycles. The van der Waals surface area contributed by atoms with Gasteiger partial charge in [0.1, 0.15) is 5.82 Å². The van der Waals surface area contributed by atoms with Crippen LogP contribution in [-0.4, -0.2) is 25.5 Å². The molecular formula is C20H16Br2ClF4N5O. The summed E-state index contributed by atoms with van der Waals surface area (Å²) >= 11 is 12.4. The molecule has 1 aliphatic carbocycles. The van der Waals surface area contributed by atoms with Crippen molar-refractivity contribution >= 4 is 55.2 Å². The van der Waals surface area contributed by atoms with Gasteiger partial charge in [-0.3, -0.25) is 14.2 Å². The second-order valence-electron chi connectivity index (χ2n) is 7.56. The molecule has 0 spiro atoms. The number of halogens is 7. The summed E-state index contributed by atoms with van der Waals surface area (Å²) in [7, 11) is 0. The summed E-state index contributed by atoms with van der Waals surface area (Å²) in [5, 5.41) is 10.8. The Morgan fingerprint density at radius 2 is 1.97 bits per heavy atom. The number of carbonyl (C=O) groups is 1. The lowest BCUT2D eigenvalue weighted by atomic mass is 10.2. The summed E-state index contributed by atoms with van der Waals surface area (Å²) in [5.41, 5.74) is -0.273. The molecule has 13 heteroatoms. The van der Waals surface area contributed by atoms with E-state index in [2.05, 4.69) is 47.4 Å². The third-order valence-electron chi connectivity index (χ3n) is 5.07. The minimum absolute atomic E-state index is 0.00100. The Morgan fingerprint density at radius 1 is 1.24 bits per heavy atom. The Kier molecular flexibility index (Phi) is 6.88. The van der Waals surface area contributed by atoms with Crippen LogP contribution in [0.5, 0.6) is 0 Å². The summed E-state index contributed by atoms with van der Waals surface area (Å²) in [4.78, 5) is 12.5. The molecule has 6 nitrogen and oxygen atoms in total. The van der Waals surface area contributed by atoms with Gasteiger partial charge in [0.2, 0.25) is 5.91 Å². The SMILES string of the molecule is O=C(CCn1nc(C(F)(F)F)c(Br)c1C1CC1)Nc1nn(Cc2c(F)cccc2Cl)cc1Br. The van der Waals surface area contributed by atoms with Crippen LogP contribution >= 0.6 is 43.5 Å². The summed E-state index contributed by atoms with van der Waals surface area (Å²) in [6.45, 7) is 0.0295. The van der Waals surface area contributed by atoms with E-state index < -0.39 is 23.6 Å². The van der Waals surface area contributed by atoms with Crippen LogP contribution < -0.4 is 5.32 Å². The number of nitrogens with zero attached hydrogens (tertiary/aromatic N) is 4. The fourth-order valence-electron chi connectivity index (χ4n) is 3.36. The molecule has 1 aromatic carbocycles. The van der Waals surface area contributed by atoms with Crippen LogP contribution in [0.1, 0.15) is 42.1 Å². The smallest absolute Gasteiger partial charge is 0.308 e. The maximum Gasteiger partial charge on any atom is 0.436 e. The minimum Gasteiger partial charge on any atom is -0.308 e. The maximum atomic E-state index is 14.0. The van der Waals surface area contributed by atoms with Crippen molar-refractivity contribution in [2.45, 2.75) is 44.4 Å². The molecule has 0 radical (unpaired) electrons. The lowest BCUT2D eigenvalue weighted by Crippen LogP contribution is -2.17. The van der Waals surface area contributed by atoms with E-state index in [4.69, 9.17) is 11.6 Å². The first-order valence-electron chi connectivity index (χ1n) is 9.83. The molecule has 1 saturated carbocycles. The van der Waals surface area contributed by atoms with E-state index in [1.165, 1.54) is 21.5 Å². The third-order valence-corrected chi connectivity index (χ3v) is 6.79. The highest BCUT2D eigenvalue weighted by Crippen LogP contribution is 2.47. The van der Waals surface area contributed by atoms with E-state index in [0.29, 0.717) is 10.2 Å². The number of aryl methyl sites for hydroxylation is 1. The van der Waals surface area contributed by atoms with E-state index in [1.54, 1.807) is 12.3 Å². The second-order valence-corrected chi connectivity index (χ2v) is 9.62. The Bertz CT molecular complexity index is 1190. The van der Waals surface area contributed by atoms with Crippen LogP contribution in [0, 0.1) is 5.82 Å². The molecule has 176 valence electrons. The monoisotopic (exact) mass is 611 g/mol. The van der Waals surface area contributed by atoms with Crippen molar-refractivity contribution in [3.63, 3.8) is 0 Å². The first kappa shape index (κ1) is 24.2. The van der Waals surface area contributed by atoms with Gasteiger partial charge in [-0.25, -0.2) is 4.39 Å². The first-order chi connectivity index (χ1) is 15.5. The number of benzene rings is 1. The Labute approximate surface area is 207 Å². The van der Waals surface area contributed by atoms with E-state index >= 15 is 0 Å². The quantitative estimate of drug-likeness (QED) is 0.315. The van der Waals surface area contributed by atoms with Gasteiger partial charge < -0.3 is 5.32 Å². The molecule has 0 bridgehead atoms. The number of hydrogen-bond donors (Lipinski definition) is 1. The van der Waals surface area contributed by atoms with E-state index in [1.807, 2.05) is 0 Å². The fourth-order valence-corrected chi connectivity index (χ4v) is 4.83. The van der Waals surface area contributed by atoms with Crippen LogP contribution in [0.15, 0.2) is 33.3 Å². The highest BCUT2D eigenvalue weighted by Gasteiger charge is 2.41. The van der Waals surface area contributed by atoms with Crippen LogP contribution in [0.25, 0.3) is 0 Å². The van der Waals surface area contributed by atoms with Gasteiger partial charge in [-0.05, 0) is 56.8 Å². The molecule has 0 aliphatic heterocycles. The van der Waals surface area contributed by atoms with Gasteiger partial charge in [0.25, 0.3) is 0 Å². The van der Waals surface area contributed by atoms with Crippen molar-refractivity contribution in [1.82, 2.24) is 19.6 Å². The Hall–Kier alpha value is -1.92. The lowest BCUT2D eigenvalue weighted by Gasteiger charge is -2.08. The zero-order valence-electron chi connectivity index (χ0n) is 16.8. The van der Waals surface area contributed by atoms with Crippen LogP contribution in [0.2, 0.25) is 5.02 Å². The highest BCUT2D eigenvalue weighted by molar-refractivity contribution is 9.11. The Morgan fingerprint density at radius 3 is 2.61 bits per heavy atom. The normalized spacial score (nSPS) is 14.0. The molecular weight excluding hydrogens is 598 g/mol. The fraction of sp³-hybridized carbons (Fsp3) is 0.350. The molecule has 33 heavy (non-hydrogen) atoms. The molecule has 3 aromatic rings. The first-order valence-corrected chi connectivity index (χ1v) is 11.8. The standard InChI is InChI=1S/C20H16Br2ClF4N5O/c21-12-9-31(8-11-13(23)2-1-3-14(11)24)30-19(12)28-15(33)6-7-32-17(10-4-5-10)16(22)18(29-32)20(25,26)27/h1-3,9-10H,4-8H2,(H,28,30,33). The average molecular weight is 614 g/mol. The van der Waals surface area contributed by atoms with E-state index in [0.717, 1.165) is 12.8 Å². The van der Waals surface area contributed by atoms with Crippen molar-refractivity contribution < 1.29 is 22.4 Å². The molecule has 2 heterocycles. The average Bonchev–Trinajstić information content (AvgIpc) is 3.41. The van der Waals surface area contributed by atoms with E-state index in [9.17, 15) is 22.4 Å². The number of nitrogens with one attached hydrogen (secondary N) is 1. The predicted octanol–water partition coefficient (Wildman–Crippen LogP) is 6.37. The van der Waals surface area contributed by atoms with Crippen LogP contribution in [-0.2, 0) is 24.1 Å². The third kappa shape index (κ3) is 5.43. The predicted molar refractivity (Wildman–Crippen MR) is 121 cm³/mol. The van der Waals surface area contributed by atoms with Crippen molar-refractivity contribution in [3.8, 4) is 0 Å². The molecule has 1 N–H and O–H groups in total. The van der Waals surface area contributed by atoms with Crippen molar-refractivity contribution in [2.24, 2.45) is 0 Å². The largest absolute Gasteiger partial charge is 0.436 e. The zero-order valence-corrected chi connectivity index (χ0v) is 20.7. The number of amides is 1. The number of anilines is 1. The summed E-state index contributed by atoms with van der Waals surface area (Å²) in [6.07, 6.45) is -1.57. The second kappa shape index (κ2) is 9.38. The summed E-state index contributed by atoms with van der Waals surface area (Å²) in [6, 6.07) is 4.35. The number of carbonyl (C=O) groups excluding carboxylic acids is 1. The number of hydrogen-bond acceptors (Lipinski definition) is 3. The molecule has 4 rings (SSSR count). The molecule has 0 unspecified atom stereocenters. The topological polar surface area (TPSA) is 64.7 Å². The number of aromatic nitrogens is 4. The molecule has 1 aliphatic rings. The lowest BCUT2D eigenvalue weighted by molar-refractivity contribution is -0.142. The van der Waals surface area contributed by atoms with Gasteiger partial charge in [-0.1, -0.05) is 17.7 Å². The summed E-state index contributed by atoms with van der Waals surface area (Å²) in [5.74, 6) is -0.727. The maximum absolute atomic E-state index is 14.0. The van der Waals surface area contributed by atoms with Gasteiger partial charge in [0.05, 0.1) is 27.7 Å². The molecule has 0 saturated heterocycles. The van der Waals surface area contributed by atoms with E-state index in [-0.39, 0.29) is 46.3 Å². The highest BCUT2D eigenvalue weighted by atomic mass is 79.9.